The highest BCUT2D eigenvalue weighted by molar-refractivity contribution is 8.03. The lowest BCUT2D eigenvalue weighted by atomic mass is 10.1. The molecule has 0 saturated carbocycles. The third-order valence-electron chi connectivity index (χ3n) is 4.73. The van der Waals surface area contributed by atoms with E-state index in [1.54, 1.807) is 30.5 Å². The third kappa shape index (κ3) is 4.19. The summed E-state index contributed by atoms with van der Waals surface area (Å²) < 4.78 is 5.37. The SMILES string of the molecule is Cc1ccc(CN2C(=O)C(SCc3ccco3)=C(c3ccc(Cl)cc3Cl)C2=O)cc1. The van der Waals surface area contributed by atoms with Gasteiger partial charge in [0.25, 0.3) is 11.8 Å². The van der Waals surface area contributed by atoms with Crippen LogP contribution in [-0.2, 0) is 21.9 Å². The topological polar surface area (TPSA) is 50.5 Å². The molecule has 4 nitrogen and oxygen atoms in total. The van der Waals surface area contributed by atoms with E-state index in [0.717, 1.165) is 11.1 Å². The van der Waals surface area contributed by atoms with E-state index in [4.69, 9.17) is 27.6 Å². The first-order valence-electron chi connectivity index (χ1n) is 9.20. The highest BCUT2D eigenvalue weighted by Crippen LogP contribution is 2.40. The summed E-state index contributed by atoms with van der Waals surface area (Å²) >= 11 is 13.7. The fraction of sp³-hybridized carbons (Fsp3) is 0.130. The molecule has 0 bridgehead atoms. The number of amides is 2. The van der Waals surface area contributed by atoms with Gasteiger partial charge in [0.2, 0.25) is 0 Å². The number of hydrogen-bond donors (Lipinski definition) is 0. The summed E-state index contributed by atoms with van der Waals surface area (Å²) in [6.07, 6.45) is 1.58. The minimum absolute atomic E-state index is 0.192. The molecule has 0 atom stereocenters. The second kappa shape index (κ2) is 8.72. The van der Waals surface area contributed by atoms with Crippen molar-refractivity contribution in [3.8, 4) is 0 Å². The van der Waals surface area contributed by atoms with Gasteiger partial charge in [-0.05, 0) is 36.8 Å². The van der Waals surface area contributed by atoms with Gasteiger partial charge in [-0.15, -0.1) is 11.8 Å². The van der Waals surface area contributed by atoms with Crippen molar-refractivity contribution in [2.24, 2.45) is 0 Å². The molecule has 0 saturated heterocycles. The molecule has 1 aromatic heterocycles. The number of carbonyl (C=O) groups is 2. The van der Waals surface area contributed by atoms with Gasteiger partial charge in [0.1, 0.15) is 5.76 Å². The Morgan fingerprint density at radius 2 is 1.77 bits per heavy atom. The number of imide groups is 1. The van der Waals surface area contributed by atoms with E-state index in [-0.39, 0.29) is 18.4 Å². The molecule has 4 rings (SSSR count). The first-order chi connectivity index (χ1) is 14.4. The van der Waals surface area contributed by atoms with Crippen LogP contribution in [0.15, 0.2) is 70.2 Å². The van der Waals surface area contributed by atoms with Gasteiger partial charge in [-0.1, -0.05) is 59.1 Å². The number of aryl methyl sites for hydroxylation is 1. The van der Waals surface area contributed by atoms with E-state index in [1.807, 2.05) is 37.3 Å². The number of halogens is 2. The number of thioether (sulfide) groups is 1. The van der Waals surface area contributed by atoms with Gasteiger partial charge in [-0.3, -0.25) is 14.5 Å². The second-order valence-corrected chi connectivity index (χ2v) is 8.71. The maximum atomic E-state index is 13.3. The fourth-order valence-corrected chi connectivity index (χ4v) is 4.70. The maximum Gasteiger partial charge on any atom is 0.268 e. The summed E-state index contributed by atoms with van der Waals surface area (Å²) in [5, 5.41) is 0.786. The fourth-order valence-electron chi connectivity index (χ4n) is 3.18. The predicted octanol–water partition coefficient (Wildman–Crippen LogP) is 6.11. The average Bonchev–Trinajstić information content (AvgIpc) is 3.31. The minimum Gasteiger partial charge on any atom is -0.468 e. The van der Waals surface area contributed by atoms with Crippen LogP contribution in [0.1, 0.15) is 22.5 Å². The van der Waals surface area contributed by atoms with Crippen molar-refractivity contribution < 1.29 is 14.0 Å². The van der Waals surface area contributed by atoms with Crippen molar-refractivity contribution in [2.45, 2.75) is 19.2 Å². The summed E-state index contributed by atoms with van der Waals surface area (Å²) in [5.74, 6) is 0.435. The standard InChI is InChI=1S/C23H17Cl2NO3S/c1-14-4-6-15(7-5-14)12-26-22(27)20(18-9-8-16(24)11-19(18)25)21(23(26)28)30-13-17-3-2-10-29-17/h2-11H,12-13H2,1H3. The smallest absolute Gasteiger partial charge is 0.268 e. The molecule has 0 spiro atoms. The van der Waals surface area contributed by atoms with Gasteiger partial charge in [-0.2, -0.15) is 0 Å². The van der Waals surface area contributed by atoms with Crippen molar-refractivity contribution in [3.63, 3.8) is 0 Å². The molecule has 7 heteroatoms. The zero-order chi connectivity index (χ0) is 21.3. The number of hydrogen-bond acceptors (Lipinski definition) is 4. The van der Waals surface area contributed by atoms with Crippen LogP contribution in [0.2, 0.25) is 10.0 Å². The van der Waals surface area contributed by atoms with E-state index >= 15 is 0 Å². The molecule has 1 aliphatic rings. The van der Waals surface area contributed by atoms with E-state index in [0.29, 0.717) is 37.6 Å². The van der Waals surface area contributed by atoms with E-state index in [1.165, 1.54) is 16.7 Å². The van der Waals surface area contributed by atoms with Crippen LogP contribution in [0.5, 0.6) is 0 Å². The number of nitrogens with zero attached hydrogens (tertiary/aromatic N) is 1. The van der Waals surface area contributed by atoms with Crippen molar-refractivity contribution in [1.82, 2.24) is 4.90 Å². The molecule has 152 valence electrons. The quantitative estimate of drug-likeness (QED) is 0.419. The predicted molar refractivity (Wildman–Crippen MR) is 120 cm³/mol. The monoisotopic (exact) mass is 457 g/mol. The number of rotatable bonds is 6. The average molecular weight is 458 g/mol. The van der Waals surface area contributed by atoms with Crippen LogP contribution >= 0.6 is 35.0 Å². The van der Waals surface area contributed by atoms with Crippen LogP contribution < -0.4 is 0 Å². The summed E-state index contributed by atoms with van der Waals surface area (Å²) in [4.78, 5) is 28.2. The van der Waals surface area contributed by atoms with E-state index in [2.05, 4.69) is 0 Å². The molecular weight excluding hydrogens is 441 g/mol. The van der Waals surface area contributed by atoms with Crippen molar-refractivity contribution in [1.29, 1.82) is 0 Å². The Morgan fingerprint density at radius 3 is 2.43 bits per heavy atom. The first-order valence-corrected chi connectivity index (χ1v) is 10.9. The highest BCUT2D eigenvalue weighted by Gasteiger charge is 2.40. The number of benzene rings is 2. The van der Waals surface area contributed by atoms with Gasteiger partial charge >= 0.3 is 0 Å². The summed E-state index contributed by atoms with van der Waals surface area (Å²) in [6.45, 7) is 2.18. The Hall–Kier alpha value is -2.47. The molecule has 2 aromatic carbocycles. The molecule has 0 radical (unpaired) electrons. The molecule has 0 unspecified atom stereocenters. The van der Waals surface area contributed by atoms with Crippen LogP contribution in [0, 0.1) is 6.92 Å². The van der Waals surface area contributed by atoms with Gasteiger partial charge in [0.05, 0.1) is 34.1 Å². The zero-order valence-corrected chi connectivity index (χ0v) is 18.4. The van der Waals surface area contributed by atoms with Crippen LogP contribution in [-0.4, -0.2) is 16.7 Å². The Bertz CT molecular complexity index is 1140. The molecule has 3 aromatic rings. The van der Waals surface area contributed by atoms with Crippen LogP contribution in [0.25, 0.3) is 5.57 Å². The molecule has 0 aliphatic carbocycles. The molecule has 2 heterocycles. The molecular formula is C23H17Cl2NO3S. The Morgan fingerprint density at radius 1 is 1.00 bits per heavy atom. The van der Waals surface area contributed by atoms with Crippen molar-refractivity contribution >= 4 is 52.4 Å². The van der Waals surface area contributed by atoms with Gasteiger partial charge < -0.3 is 4.42 Å². The summed E-state index contributed by atoms with van der Waals surface area (Å²) in [6, 6.07) is 16.3. The molecule has 2 amide bonds. The molecule has 0 N–H and O–H groups in total. The van der Waals surface area contributed by atoms with E-state index in [9.17, 15) is 9.59 Å². The lowest BCUT2D eigenvalue weighted by molar-refractivity contribution is -0.137. The van der Waals surface area contributed by atoms with Gasteiger partial charge in [0.15, 0.2) is 0 Å². The molecule has 1 aliphatic heterocycles. The maximum absolute atomic E-state index is 13.3. The minimum atomic E-state index is -0.369. The van der Waals surface area contributed by atoms with Crippen molar-refractivity contribution in [3.05, 3.63) is 98.3 Å². The molecule has 0 fully saturated rings. The Balaban J connectivity index is 1.70. The highest BCUT2D eigenvalue weighted by atomic mass is 35.5. The Labute approximate surface area is 188 Å². The van der Waals surface area contributed by atoms with Gasteiger partial charge in [0, 0.05) is 10.6 Å². The lowest BCUT2D eigenvalue weighted by Gasteiger charge is -2.15. The first kappa shape index (κ1) is 20.8. The summed E-state index contributed by atoms with van der Waals surface area (Å²) in [7, 11) is 0. The second-order valence-electron chi connectivity index (χ2n) is 6.88. The molecule has 30 heavy (non-hydrogen) atoms. The van der Waals surface area contributed by atoms with Gasteiger partial charge in [-0.25, -0.2) is 0 Å². The third-order valence-corrected chi connectivity index (χ3v) is 6.37. The number of carbonyl (C=O) groups excluding carboxylic acids is 2. The van der Waals surface area contributed by atoms with Crippen LogP contribution in [0.4, 0.5) is 0 Å². The zero-order valence-electron chi connectivity index (χ0n) is 16.0. The normalized spacial score (nSPS) is 14.2. The lowest BCUT2D eigenvalue weighted by Crippen LogP contribution is -2.30. The summed E-state index contributed by atoms with van der Waals surface area (Å²) in [5.41, 5.74) is 2.78. The van der Waals surface area contributed by atoms with Crippen LogP contribution in [0.3, 0.4) is 0 Å². The van der Waals surface area contributed by atoms with E-state index < -0.39 is 0 Å². The largest absolute Gasteiger partial charge is 0.468 e. The Kier molecular flexibility index (Phi) is 6.04. The van der Waals surface area contributed by atoms with Crippen molar-refractivity contribution in [2.75, 3.05) is 0 Å². The number of furan rings is 1.